The van der Waals surface area contributed by atoms with E-state index in [-0.39, 0.29) is 12.0 Å². The fraction of sp³-hybridized carbons (Fsp3) is 1.00. The van der Waals surface area contributed by atoms with Crippen molar-refractivity contribution in [1.82, 2.24) is 4.90 Å². The van der Waals surface area contributed by atoms with Gasteiger partial charge in [-0.2, -0.15) is 13.2 Å². The molecule has 0 aliphatic rings. The summed E-state index contributed by atoms with van der Waals surface area (Å²) in [6.45, 7) is 10.5. The number of hydrogen-bond acceptors (Lipinski definition) is 2. The van der Waals surface area contributed by atoms with Gasteiger partial charge in [0.15, 0.2) is 0 Å². The first-order chi connectivity index (χ1) is 9.22. The number of rotatable bonds is 10. The number of alkyl halides is 3. The van der Waals surface area contributed by atoms with Crippen molar-refractivity contribution in [2.24, 2.45) is 11.7 Å². The van der Waals surface area contributed by atoms with Crippen LogP contribution in [0.1, 0.15) is 59.8 Å². The first kappa shape index (κ1) is 19.7. The van der Waals surface area contributed by atoms with Gasteiger partial charge < -0.3 is 5.73 Å². The SMILES string of the molecule is CCC(CC)CN(CC)C(C)(CN)CCCC(F)(F)F. The molecule has 20 heavy (non-hydrogen) atoms. The lowest BCUT2D eigenvalue weighted by Crippen LogP contribution is -2.53. The Bertz CT molecular complexity index is 252. The monoisotopic (exact) mass is 296 g/mol. The second-order valence-corrected chi connectivity index (χ2v) is 5.89. The molecule has 0 aromatic carbocycles. The standard InChI is InChI=1S/C15H31F3N2/c1-5-13(6-2)11-20(7-3)14(4,12-19)9-8-10-15(16,17)18/h13H,5-12,19H2,1-4H3. The molecular weight excluding hydrogens is 265 g/mol. The van der Waals surface area contributed by atoms with E-state index in [2.05, 4.69) is 25.7 Å². The fourth-order valence-electron chi connectivity index (χ4n) is 2.65. The summed E-state index contributed by atoms with van der Waals surface area (Å²) >= 11 is 0. The Morgan fingerprint density at radius 1 is 1.05 bits per heavy atom. The highest BCUT2D eigenvalue weighted by Crippen LogP contribution is 2.28. The Morgan fingerprint density at radius 2 is 1.60 bits per heavy atom. The van der Waals surface area contributed by atoms with Crippen LogP contribution < -0.4 is 5.73 Å². The van der Waals surface area contributed by atoms with Crippen molar-refractivity contribution in [3.8, 4) is 0 Å². The molecular formula is C15H31F3N2. The zero-order valence-corrected chi connectivity index (χ0v) is 13.4. The third kappa shape index (κ3) is 6.93. The van der Waals surface area contributed by atoms with E-state index in [0.717, 1.165) is 25.9 Å². The van der Waals surface area contributed by atoms with Crippen LogP contribution in [-0.4, -0.2) is 36.2 Å². The van der Waals surface area contributed by atoms with Gasteiger partial charge in [-0.15, -0.1) is 0 Å². The topological polar surface area (TPSA) is 29.3 Å². The maximum atomic E-state index is 12.3. The molecule has 0 aliphatic carbocycles. The van der Waals surface area contributed by atoms with Gasteiger partial charge in [0, 0.05) is 25.0 Å². The lowest BCUT2D eigenvalue weighted by Gasteiger charge is -2.42. The van der Waals surface area contributed by atoms with Crippen molar-refractivity contribution >= 4 is 0 Å². The molecule has 2 nitrogen and oxygen atoms in total. The molecule has 0 saturated heterocycles. The van der Waals surface area contributed by atoms with Crippen LogP contribution in [0.4, 0.5) is 13.2 Å². The Balaban J connectivity index is 4.62. The van der Waals surface area contributed by atoms with Crippen LogP contribution >= 0.6 is 0 Å². The molecule has 0 aromatic heterocycles. The van der Waals surface area contributed by atoms with Crippen LogP contribution in [0.25, 0.3) is 0 Å². The highest BCUT2D eigenvalue weighted by Gasteiger charge is 2.33. The first-order valence-corrected chi connectivity index (χ1v) is 7.74. The molecule has 0 bridgehead atoms. The van der Waals surface area contributed by atoms with E-state index in [1.54, 1.807) is 0 Å². The minimum Gasteiger partial charge on any atom is -0.329 e. The number of likely N-dealkylation sites (N-methyl/N-ethyl adjacent to an activating group) is 1. The third-order valence-corrected chi connectivity index (χ3v) is 4.39. The zero-order chi connectivity index (χ0) is 15.8. The molecule has 5 heteroatoms. The normalized spacial score (nSPS) is 15.9. The van der Waals surface area contributed by atoms with Gasteiger partial charge in [0.05, 0.1) is 0 Å². The first-order valence-electron chi connectivity index (χ1n) is 7.74. The van der Waals surface area contributed by atoms with Crippen molar-refractivity contribution in [1.29, 1.82) is 0 Å². The lowest BCUT2D eigenvalue weighted by molar-refractivity contribution is -0.137. The van der Waals surface area contributed by atoms with E-state index in [9.17, 15) is 13.2 Å². The van der Waals surface area contributed by atoms with Crippen LogP contribution in [0.15, 0.2) is 0 Å². The van der Waals surface area contributed by atoms with Crippen molar-refractivity contribution in [2.75, 3.05) is 19.6 Å². The summed E-state index contributed by atoms with van der Waals surface area (Å²) in [6, 6.07) is 0. The van der Waals surface area contributed by atoms with Crippen LogP contribution in [0.5, 0.6) is 0 Å². The molecule has 0 heterocycles. The van der Waals surface area contributed by atoms with Gasteiger partial charge in [-0.25, -0.2) is 0 Å². The molecule has 0 aliphatic heterocycles. The highest BCUT2D eigenvalue weighted by atomic mass is 19.4. The predicted molar refractivity (Wildman–Crippen MR) is 78.7 cm³/mol. The minimum absolute atomic E-state index is 0.149. The number of halogens is 3. The molecule has 2 N–H and O–H groups in total. The van der Waals surface area contributed by atoms with Crippen molar-refractivity contribution in [3.63, 3.8) is 0 Å². The van der Waals surface area contributed by atoms with E-state index < -0.39 is 12.6 Å². The van der Waals surface area contributed by atoms with Crippen molar-refractivity contribution in [3.05, 3.63) is 0 Å². The van der Waals surface area contributed by atoms with E-state index in [1.165, 1.54) is 0 Å². The molecule has 122 valence electrons. The Hall–Kier alpha value is -0.290. The summed E-state index contributed by atoms with van der Waals surface area (Å²) in [7, 11) is 0. The van der Waals surface area contributed by atoms with Gasteiger partial charge in [0.2, 0.25) is 0 Å². The molecule has 0 aromatic rings. The van der Waals surface area contributed by atoms with Gasteiger partial charge in [0.25, 0.3) is 0 Å². The molecule has 0 fully saturated rings. The summed E-state index contributed by atoms with van der Waals surface area (Å²) in [6.07, 6.45) is -1.95. The lowest BCUT2D eigenvalue weighted by atomic mass is 9.90. The Kier molecular flexibility index (Phi) is 8.75. The average molecular weight is 296 g/mol. The molecule has 0 amide bonds. The largest absolute Gasteiger partial charge is 0.389 e. The van der Waals surface area contributed by atoms with E-state index in [0.29, 0.717) is 18.9 Å². The van der Waals surface area contributed by atoms with Gasteiger partial charge in [0.1, 0.15) is 0 Å². The number of nitrogens with two attached hydrogens (primary N) is 1. The Labute approximate surface area is 121 Å². The van der Waals surface area contributed by atoms with Crippen LogP contribution in [0.2, 0.25) is 0 Å². The second kappa shape index (κ2) is 8.88. The smallest absolute Gasteiger partial charge is 0.329 e. The van der Waals surface area contributed by atoms with E-state index in [1.807, 2.05) is 6.92 Å². The average Bonchev–Trinajstić information content (AvgIpc) is 2.38. The quantitative estimate of drug-likeness (QED) is 0.655. The summed E-state index contributed by atoms with van der Waals surface area (Å²) in [5.41, 5.74) is 5.54. The maximum absolute atomic E-state index is 12.3. The summed E-state index contributed by atoms with van der Waals surface area (Å²) in [4.78, 5) is 2.26. The van der Waals surface area contributed by atoms with E-state index in [4.69, 9.17) is 5.73 Å². The van der Waals surface area contributed by atoms with Gasteiger partial charge >= 0.3 is 6.18 Å². The van der Waals surface area contributed by atoms with Gasteiger partial charge in [-0.1, -0.05) is 33.6 Å². The van der Waals surface area contributed by atoms with Crippen LogP contribution in [0.3, 0.4) is 0 Å². The van der Waals surface area contributed by atoms with Gasteiger partial charge in [-0.3, -0.25) is 4.90 Å². The molecule has 1 unspecified atom stereocenters. The fourth-order valence-corrected chi connectivity index (χ4v) is 2.65. The molecule has 0 radical (unpaired) electrons. The molecule has 0 saturated carbocycles. The second-order valence-electron chi connectivity index (χ2n) is 5.89. The zero-order valence-electron chi connectivity index (χ0n) is 13.4. The third-order valence-electron chi connectivity index (χ3n) is 4.39. The number of hydrogen-bond donors (Lipinski definition) is 1. The van der Waals surface area contributed by atoms with Crippen molar-refractivity contribution < 1.29 is 13.2 Å². The summed E-state index contributed by atoms with van der Waals surface area (Å²) < 4.78 is 36.9. The molecule has 1 atom stereocenters. The van der Waals surface area contributed by atoms with Crippen molar-refractivity contribution in [2.45, 2.75) is 71.5 Å². The van der Waals surface area contributed by atoms with Crippen LogP contribution in [-0.2, 0) is 0 Å². The number of nitrogens with zero attached hydrogens (tertiary/aromatic N) is 1. The van der Waals surface area contributed by atoms with Gasteiger partial charge in [-0.05, 0) is 32.2 Å². The summed E-state index contributed by atoms with van der Waals surface area (Å²) in [5, 5.41) is 0. The van der Waals surface area contributed by atoms with E-state index >= 15 is 0 Å². The molecule has 0 spiro atoms. The Morgan fingerprint density at radius 3 is 1.95 bits per heavy atom. The highest BCUT2D eigenvalue weighted by molar-refractivity contribution is 4.88. The predicted octanol–water partition coefficient (Wildman–Crippen LogP) is 4.19. The van der Waals surface area contributed by atoms with Crippen LogP contribution in [0, 0.1) is 5.92 Å². The minimum atomic E-state index is -4.07. The maximum Gasteiger partial charge on any atom is 0.389 e. The molecule has 0 rings (SSSR count). The summed E-state index contributed by atoms with van der Waals surface area (Å²) in [5.74, 6) is 0.587.